The van der Waals surface area contributed by atoms with E-state index in [2.05, 4.69) is 0 Å². The molecule has 8 nitrogen and oxygen atoms in total. The van der Waals surface area contributed by atoms with Crippen molar-refractivity contribution in [3.63, 3.8) is 0 Å². The summed E-state index contributed by atoms with van der Waals surface area (Å²) in [4.78, 5) is 45.7. The number of rotatable bonds is 7. The van der Waals surface area contributed by atoms with Crippen molar-refractivity contribution in [2.45, 2.75) is 12.1 Å². The molecule has 200 valence electrons. The van der Waals surface area contributed by atoms with Crippen molar-refractivity contribution < 1.29 is 18.7 Å². The third-order valence-corrected chi connectivity index (χ3v) is 8.54. The van der Waals surface area contributed by atoms with Crippen LogP contribution in [0.1, 0.15) is 27.6 Å². The molecule has 0 atom stereocenters. The van der Waals surface area contributed by atoms with E-state index >= 15 is 0 Å². The third-order valence-electron chi connectivity index (χ3n) is 6.27. The molecular weight excluding hydrogens is 572 g/mol. The summed E-state index contributed by atoms with van der Waals surface area (Å²) in [5.74, 6) is -0.681. The summed E-state index contributed by atoms with van der Waals surface area (Å²) in [5, 5.41) is 0.216. The van der Waals surface area contributed by atoms with Gasteiger partial charge in [-0.1, -0.05) is 35.2 Å². The Morgan fingerprint density at radius 2 is 1.50 bits per heavy atom. The number of ether oxygens (including phenoxy) is 1. The second kappa shape index (κ2) is 10.5. The molecule has 2 aromatic heterocycles. The van der Waals surface area contributed by atoms with Crippen LogP contribution in [0, 0.1) is 9.77 Å². The lowest BCUT2D eigenvalue weighted by Gasteiger charge is -2.16. The zero-order valence-corrected chi connectivity index (χ0v) is 23.3. The van der Waals surface area contributed by atoms with Crippen molar-refractivity contribution in [3.8, 4) is 17.1 Å². The number of hydrogen-bond donors (Lipinski definition) is 0. The Labute approximate surface area is 240 Å². The highest BCUT2D eigenvalue weighted by Gasteiger charge is 2.35. The van der Waals surface area contributed by atoms with E-state index < -0.39 is 23.2 Å². The minimum absolute atomic E-state index is 0.0839. The number of hydrogen-bond acceptors (Lipinski definition) is 8. The first kappa shape index (κ1) is 26.1. The SMILES string of the molecule is CCOc1ccc(-n2c(=S)sc3c(=O)n(-c4ccc(F)cc4)c(SCN4C(=O)c5ccccc5C4=O)nc32)cc1. The molecule has 0 saturated carbocycles. The Morgan fingerprint density at radius 3 is 2.12 bits per heavy atom. The second-order valence-electron chi connectivity index (χ2n) is 8.65. The monoisotopic (exact) mass is 590 g/mol. The Hall–Kier alpha value is -4.13. The summed E-state index contributed by atoms with van der Waals surface area (Å²) >= 11 is 7.80. The van der Waals surface area contributed by atoms with Gasteiger partial charge in [0.05, 0.1) is 29.3 Å². The zero-order chi connectivity index (χ0) is 28.0. The Kier molecular flexibility index (Phi) is 6.82. The zero-order valence-electron chi connectivity index (χ0n) is 20.9. The molecule has 0 unspecified atom stereocenters. The molecule has 3 aromatic carbocycles. The molecule has 40 heavy (non-hydrogen) atoms. The van der Waals surface area contributed by atoms with Crippen LogP contribution in [0.2, 0.25) is 0 Å². The molecule has 12 heteroatoms. The number of benzene rings is 3. The van der Waals surface area contributed by atoms with Gasteiger partial charge in [0.15, 0.2) is 14.8 Å². The number of imide groups is 1. The Bertz CT molecular complexity index is 1880. The van der Waals surface area contributed by atoms with Gasteiger partial charge < -0.3 is 4.74 Å². The number of amides is 2. The molecule has 6 rings (SSSR count). The highest BCUT2D eigenvalue weighted by atomic mass is 32.2. The summed E-state index contributed by atoms with van der Waals surface area (Å²) in [6.07, 6.45) is 0. The molecule has 2 amide bonds. The second-order valence-corrected chi connectivity index (χ2v) is 11.2. The van der Waals surface area contributed by atoms with Crippen LogP contribution in [0.25, 0.3) is 21.7 Å². The minimum Gasteiger partial charge on any atom is -0.494 e. The van der Waals surface area contributed by atoms with Crippen LogP contribution >= 0.6 is 35.3 Å². The summed E-state index contributed by atoms with van der Waals surface area (Å²) < 4.78 is 23.0. The summed E-state index contributed by atoms with van der Waals surface area (Å²) in [7, 11) is 0. The molecule has 3 heterocycles. The molecular formula is C28H19FN4O4S3. The molecule has 1 aliphatic rings. The first-order valence-corrected chi connectivity index (χ1v) is 14.3. The van der Waals surface area contributed by atoms with E-state index in [0.29, 0.717) is 49.2 Å². The van der Waals surface area contributed by atoms with E-state index in [1.54, 1.807) is 28.8 Å². The van der Waals surface area contributed by atoms with Gasteiger partial charge in [0.2, 0.25) is 0 Å². The maximum atomic E-state index is 13.9. The van der Waals surface area contributed by atoms with Gasteiger partial charge in [-0.05, 0) is 79.8 Å². The van der Waals surface area contributed by atoms with Crippen LogP contribution in [0.5, 0.6) is 5.75 Å². The molecule has 0 bridgehead atoms. The molecule has 0 N–H and O–H groups in total. The van der Waals surface area contributed by atoms with Gasteiger partial charge in [-0.15, -0.1) is 0 Å². The van der Waals surface area contributed by atoms with Gasteiger partial charge in [0.1, 0.15) is 16.3 Å². The van der Waals surface area contributed by atoms with Gasteiger partial charge in [0.25, 0.3) is 17.4 Å². The van der Waals surface area contributed by atoms with Crippen LogP contribution in [-0.2, 0) is 0 Å². The lowest BCUT2D eigenvalue weighted by Crippen LogP contribution is -2.30. The molecule has 1 aliphatic heterocycles. The standard InChI is InChI=1S/C28H19FN4O4S3/c1-2-37-19-13-11-17(12-14-19)32-23-22(40-28(32)38)26(36)33(18-9-7-16(29)8-10-18)27(30-23)39-15-31-24(34)20-5-3-4-6-21(20)25(31)35/h3-14H,2,15H2,1H3. The highest BCUT2D eigenvalue weighted by Crippen LogP contribution is 2.30. The predicted octanol–water partition coefficient (Wildman–Crippen LogP) is 5.85. The minimum atomic E-state index is -0.455. The van der Waals surface area contributed by atoms with E-state index in [-0.39, 0.29) is 11.0 Å². The van der Waals surface area contributed by atoms with Crippen LogP contribution in [0.15, 0.2) is 82.7 Å². The van der Waals surface area contributed by atoms with Gasteiger partial charge in [-0.3, -0.25) is 28.4 Å². The average molecular weight is 591 g/mol. The summed E-state index contributed by atoms with van der Waals surface area (Å²) in [6.45, 7) is 2.42. The highest BCUT2D eigenvalue weighted by molar-refractivity contribution is 7.99. The fourth-order valence-electron chi connectivity index (χ4n) is 4.41. The fraction of sp³-hybridized carbons (Fsp3) is 0.107. The fourth-order valence-corrected chi connectivity index (χ4v) is 6.67. The number of aromatic nitrogens is 3. The molecule has 0 spiro atoms. The van der Waals surface area contributed by atoms with Gasteiger partial charge >= 0.3 is 0 Å². The lowest BCUT2D eigenvalue weighted by molar-refractivity contribution is 0.0684. The van der Waals surface area contributed by atoms with Crippen molar-refractivity contribution in [1.29, 1.82) is 0 Å². The Morgan fingerprint density at radius 1 is 0.900 bits per heavy atom. The van der Waals surface area contributed by atoms with Crippen LogP contribution in [-0.4, -0.2) is 43.3 Å². The first-order chi connectivity index (χ1) is 19.4. The van der Waals surface area contributed by atoms with E-state index in [1.165, 1.54) is 28.8 Å². The van der Waals surface area contributed by atoms with Crippen molar-refractivity contribution in [2.75, 3.05) is 12.5 Å². The maximum Gasteiger partial charge on any atom is 0.278 e. The van der Waals surface area contributed by atoms with Crippen LogP contribution < -0.4 is 10.3 Å². The Balaban J connectivity index is 1.47. The number of nitrogens with zero attached hydrogens (tertiary/aromatic N) is 4. The largest absolute Gasteiger partial charge is 0.494 e. The first-order valence-electron chi connectivity index (χ1n) is 12.1. The number of carbonyl (C=O) groups excluding carboxylic acids is 2. The smallest absolute Gasteiger partial charge is 0.278 e. The van der Waals surface area contributed by atoms with Crippen molar-refractivity contribution in [3.05, 3.63) is 104 Å². The van der Waals surface area contributed by atoms with E-state index in [0.717, 1.165) is 28.0 Å². The normalized spacial score (nSPS) is 12.8. The molecule has 5 aromatic rings. The van der Waals surface area contributed by atoms with Crippen molar-refractivity contribution in [1.82, 2.24) is 19.0 Å². The topological polar surface area (TPSA) is 86.4 Å². The molecule has 0 radical (unpaired) electrons. The third kappa shape index (κ3) is 4.43. The number of thioether (sulfide) groups is 1. The lowest BCUT2D eigenvalue weighted by atomic mass is 10.1. The van der Waals surface area contributed by atoms with Crippen LogP contribution in [0.4, 0.5) is 4.39 Å². The summed E-state index contributed by atoms with van der Waals surface area (Å²) in [6, 6.07) is 19.3. The van der Waals surface area contributed by atoms with Crippen LogP contribution in [0.3, 0.4) is 0 Å². The van der Waals surface area contributed by atoms with Gasteiger partial charge in [-0.25, -0.2) is 9.37 Å². The van der Waals surface area contributed by atoms with Crippen molar-refractivity contribution >= 4 is 57.5 Å². The maximum absolute atomic E-state index is 13.9. The average Bonchev–Trinajstić information content (AvgIpc) is 3.42. The quantitative estimate of drug-likeness (QED) is 0.102. The molecule has 0 aliphatic carbocycles. The molecule has 0 fully saturated rings. The summed E-state index contributed by atoms with van der Waals surface area (Å²) in [5.41, 5.74) is 1.68. The van der Waals surface area contributed by atoms with Gasteiger partial charge in [0, 0.05) is 5.69 Å². The van der Waals surface area contributed by atoms with E-state index in [4.69, 9.17) is 21.9 Å². The number of thiazole rings is 1. The predicted molar refractivity (Wildman–Crippen MR) is 154 cm³/mol. The van der Waals surface area contributed by atoms with E-state index in [1.807, 2.05) is 31.2 Å². The van der Waals surface area contributed by atoms with Crippen molar-refractivity contribution in [2.24, 2.45) is 0 Å². The number of fused-ring (bicyclic) bond motifs is 2. The molecule has 0 saturated heterocycles. The number of carbonyl (C=O) groups is 2. The van der Waals surface area contributed by atoms with E-state index in [9.17, 15) is 18.8 Å². The number of halogens is 1. The van der Waals surface area contributed by atoms with Gasteiger partial charge in [-0.2, -0.15) is 0 Å².